The molecule has 25 nitrogen and oxygen atoms in total. The van der Waals surface area contributed by atoms with Crippen LogP contribution in [0.4, 0.5) is 0 Å². The van der Waals surface area contributed by atoms with Crippen molar-refractivity contribution in [3.8, 4) is 0 Å². The third-order valence-corrected chi connectivity index (χ3v) is 19.1. The SMILES string of the molecule is CCCCCCCCCCCCC/C=C/[C@@H](O)[C@H](CO[C@@H]1OC(CO)[C@@H](O[C@@H]2OC(CO)[C@H](O)[C@H](O[C@@H]3OC(CO)[C@@H](O)[C@H](O[C@@H]4OC(CO)[C@H](O)[C@H](O)C4O)C3NC(C)=O)C2O)[C@H](O)C1O)NC(=O)CCCCCCCCCCCCCCCCCCCCCCCCC. The van der Waals surface area contributed by atoms with E-state index >= 15 is 0 Å². The van der Waals surface area contributed by atoms with Crippen molar-refractivity contribution < 1.29 is 114 Å². The summed E-state index contributed by atoms with van der Waals surface area (Å²) >= 11 is 0. The van der Waals surface area contributed by atoms with Crippen LogP contribution in [-0.4, -0.2) is 246 Å². The van der Waals surface area contributed by atoms with Gasteiger partial charge < -0.3 is 115 Å². The van der Waals surface area contributed by atoms with Crippen LogP contribution in [0.2, 0.25) is 0 Å². The number of rotatable bonds is 53. The fourth-order valence-electron chi connectivity index (χ4n) is 13.1. The molecule has 4 heterocycles. The Kier molecular flexibility index (Phi) is 45.1. The highest BCUT2D eigenvalue weighted by molar-refractivity contribution is 5.76. The number of nitrogens with one attached hydrogen (secondary N) is 2. The molecule has 4 saturated heterocycles. The summed E-state index contributed by atoms with van der Waals surface area (Å²) in [5.74, 6) is -1.08. The molecule has 0 spiro atoms. The smallest absolute Gasteiger partial charge is 0.220 e. The van der Waals surface area contributed by atoms with Crippen LogP contribution in [0.5, 0.6) is 0 Å². The fraction of sp³-hybridized carbons (Fsp3) is 0.943. The van der Waals surface area contributed by atoms with Gasteiger partial charge in [-0.25, -0.2) is 0 Å². The first-order chi connectivity index (χ1) is 46.0. The molecule has 0 aromatic carbocycles. The number of aliphatic hydroxyl groups is 13. The van der Waals surface area contributed by atoms with Crippen LogP contribution in [0.3, 0.4) is 0 Å². The molecule has 0 bridgehead atoms. The third-order valence-electron chi connectivity index (χ3n) is 19.1. The summed E-state index contributed by atoms with van der Waals surface area (Å²) in [5.41, 5.74) is 0. The lowest BCUT2D eigenvalue weighted by Gasteiger charge is -2.50. The van der Waals surface area contributed by atoms with Gasteiger partial charge in [0.05, 0.1) is 45.2 Å². The largest absolute Gasteiger partial charge is 0.394 e. The normalized spacial score (nSPS) is 32.0. The van der Waals surface area contributed by atoms with Crippen molar-refractivity contribution in [2.75, 3.05) is 33.0 Å². The maximum atomic E-state index is 13.5. The van der Waals surface area contributed by atoms with E-state index in [2.05, 4.69) is 24.5 Å². The Morgan fingerprint density at radius 2 is 0.779 bits per heavy atom. The summed E-state index contributed by atoms with van der Waals surface area (Å²) in [6.45, 7) is 1.59. The first-order valence-electron chi connectivity index (χ1n) is 36.9. The van der Waals surface area contributed by atoms with E-state index in [1.807, 2.05) is 6.08 Å². The van der Waals surface area contributed by atoms with Crippen molar-refractivity contribution >= 4 is 11.8 Å². The van der Waals surface area contributed by atoms with Gasteiger partial charge in [0, 0.05) is 13.3 Å². The minimum absolute atomic E-state index is 0.212. The Hall–Kier alpha value is -2.16. The standard InChI is InChI=1S/C70H130N2O23/c1-4-6-8-10-12-14-16-18-19-20-21-22-23-24-25-26-27-29-31-33-35-37-39-41-54(79)72-48(49(78)40-38-36-34-32-30-28-17-15-13-11-9-7-5-2)46-88-68-62(86)60(84)64(53(45-76)92-68)93-70-63(87)66(58(82)52(44-75)91-70)95-67-55(71-47(3)77)65(57(81)51(43-74)89-67)94-69-61(85)59(83)56(80)50(42-73)90-69/h38,40,48-53,55-70,73-76,78,80-87H,4-37,39,41-46H2,1-3H3,(H,71,77)(H,72,79)/b40-38+/t48-,49+,50?,51?,52?,53?,55?,56-,57+,58-,59-,60+,61?,62?,63?,64+,65+,66-,67-,68+,69-,70-/m0/s1. The van der Waals surface area contributed by atoms with Gasteiger partial charge in [0.2, 0.25) is 11.8 Å². The predicted octanol–water partition coefficient (Wildman–Crippen LogP) is 4.90. The molecule has 4 aliphatic rings. The van der Waals surface area contributed by atoms with E-state index in [9.17, 15) is 76.0 Å². The fourth-order valence-corrected chi connectivity index (χ4v) is 13.1. The van der Waals surface area contributed by atoms with Gasteiger partial charge in [0.15, 0.2) is 25.2 Å². The number of carbonyl (C=O) groups excluding carboxylic acids is 2. The summed E-state index contributed by atoms with van der Waals surface area (Å²) in [6.07, 6.45) is 10.9. The van der Waals surface area contributed by atoms with E-state index in [-0.39, 0.29) is 12.3 Å². The number of unbranched alkanes of at least 4 members (excludes halogenated alkanes) is 33. The van der Waals surface area contributed by atoms with Crippen LogP contribution >= 0.6 is 0 Å². The van der Waals surface area contributed by atoms with Gasteiger partial charge in [-0.05, 0) is 19.3 Å². The second-order valence-electron chi connectivity index (χ2n) is 27.1. The highest BCUT2D eigenvalue weighted by atomic mass is 16.8. The van der Waals surface area contributed by atoms with E-state index in [0.717, 1.165) is 51.9 Å². The van der Waals surface area contributed by atoms with Crippen LogP contribution < -0.4 is 10.6 Å². The molecule has 25 heteroatoms. The molecule has 22 atom stereocenters. The number of allylic oxidation sites excluding steroid dienone is 1. The molecular weight excluding hydrogens is 1240 g/mol. The zero-order chi connectivity index (χ0) is 69.3. The zero-order valence-electron chi connectivity index (χ0n) is 57.7. The van der Waals surface area contributed by atoms with E-state index in [0.29, 0.717) is 12.8 Å². The summed E-state index contributed by atoms with van der Waals surface area (Å²) in [5, 5.41) is 147. The molecule has 0 radical (unpaired) electrons. The molecule has 2 amide bonds. The van der Waals surface area contributed by atoms with Crippen LogP contribution in [0.25, 0.3) is 0 Å². The van der Waals surface area contributed by atoms with Gasteiger partial charge in [0.25, 0.3) is 0 Å². The van der Waals surface area contributed by atoms with Gasteiger partial charge in [-0.3, -0.25) is 9.59 Å². The lowest BCUT2D eigenvalue weighted by molar-refractivity contribution is -0.381. The average Bonchev–Trinajstić information content (AvgIpc) is 0.796. The molecule has 8 unspecified atom stereocenters. The van der Waals surface area contributed by atoms with Crippen LogP contribution in [0.1, 0.15) is 252 Å². The molecule has 4 rings (SSSR count). The summed E-state index contributed by atoms with van der Waals surface area (Å²) < 4.78 is 46.9. The highest BCUT2D eigenvalue weighted by Crippen LogP contribution is 2.35. The lowest BCUT2D eigenvalue weighted by Crippen LogP contribution is -2.70. The third kappa shape index (κ3) is 30.9. The first-order valence-corrected chi connectivity index (χ1v) is 36.9. The van der Waals surface area contributed by atoms with Crippen molar-refractivity contribution in [2.24, 2.45) is 0 Å². The molecule has 0 saturated carbocycles. The van der Waals surface area contributed by atoms with E-state index in [4.69, 9.17) is 37.9 Å². The number of hydrogen-bond acceptors (Lipinski definition) is 23. The minimum atomic E-state index is -2.10. The van der Waals surface area contributed by atoms with Gasteiger partial charge in [-0.2, -0.15) is 0 Å². The van der Waals surface area contributed by atoms with Crippen molar-refractivity contribution in [3.63, 3.8) is 0 Å². The van der Waals surface area contributed by atoms with Gasteiger partial charge in [-0.15, -0.1) is 0 Å². The summed E-state index contributed by atoms with van der Waals surface area (Å²) in [7, 11) is 0. The molecule has 0 aromatic heterocycles. The number of hydrogen-bond donors (Lipinski definition) is 15. The Balaban J connectivity index is 1.31. The number of ether oxygens (including phenoxy) is 8. The van der Waals surface area contributed by atoms with Crippen molar-refractivity contribution in [1.29, 1.82) is 0 Å². The molecule has 558 valence electrons. The monoisotopic (exact) mass is 1370 g/mol. The molecule has 0 aliphatic carbocycles. The lowest BCUT2D eigenvalue weighted by atomic mass is 9.94. The number of amides is 2. The Bertz CT molecular complexity index is 1970. The van der Waals surface area contributed by atoms with Crippen molar-refractivity contribution in [1.82, 2.24) is 10.6 Å². The quantitative estimate of drug-likeness (QED) is 0.0284. The molecule has 15 N–H and O–H groups in total. The van der Waals surface area contributed by atoms with Crippen LogP contribution in [-0.2, 0) is 47.5 Å². The number of carbonyl (C=O) groups is 2. The Labute approximate surface area is 566 Å². The summed E-state index contributed by atoms with van der Waals surface area (Å²) in [4.78, 5) is 26.2. The second kappa shape index (κ2) is 50.2. The molecule has 0 aromatic rings. The molecular formula is C70H130N2O23. The predicted molar refractivity (Wildman–Crippen MR) is 354 cm³/mol. The topological polar surface area (TPSA) is 395 Å². The number of aliphatic hydroxyl groups excluding tert-OH is 13. The first kappa shape index (κ1) is 85.3. The van der Waals surface area contributed by atoms with Crippen LogP contribution in [0.15, 0.2) is 12.2 Å². The average molecular weight is 1370 g/mol. The van der Waals surface area contributed by atoms with Gasteiger partial charge in [0.1, 0.15) is 97.6 Å². The van der Waals surface area contributed by atoms with Crippen molar-refractivity contribution in [3.05, 3.63) is 12.2 Å². The maximum Gasteiger partial charge on any atom is 0.220 e. The zero-order valence-corrected chi connectivity index (χ0v) is 57.7. The van der Waals surface area contributed by atoms with Gasteiger partial charge in [-0.1, -0.05) is 231 Å². The Morgan fingerprint density at radius 3 is 1.23 bits per heavy atom. The van der Waals surface area contributed by atoms with Crippen molar-refractivity contribution in [2.45, 2.75) is 387 Å². The summed E-state index contributed by atoms with van der Waals surface area (Å²) in [6, 6.07) is -2.67. The second-order valence-corrected chi connectivity index (χ2v) is 27.1. The molecule has 4 fully saturated rings. The highest BCUT2D eigenvalue weighted by Gasteiger charge is 2.56. The van der Waals surface area contributed by atoms with E-state index < -0.39 is 174 Å². The van der Waals surface area contributed by atoms with Crippen LogP contribution in [0, 0.1) is 0 Å². The van der Waals surface area contributed by atoms with E-state index in [1.165, 1.54) is 167 Å². The minimum Gasteiger partial charge on any atom is -0.394 e. The van der Waals surface area contributed by atoms with Gasteiger partial charge >= 0.3 is 0 Å². The maximum absolute atomic E-state index is 13.5. The molecule has 95 heavy (non-hydrogen) atoms. The van der Waals surface area contributed by atoms with E-state index in [1.54, 1.807) is 6.08 Å². The Morgan fingerprint density at radius 1 is 0.411 bits per heavy atom. The molecule has 4 aliphatic heterocycles.